The van der Waals surface area contributed by atoms with Gasteiger partial charge in [0.05, 0.1) is 10.6 Å². The molecule has 3 heterocycles. The number of benzene rings is 1. The molecule has 3 aromatic heterocycles. The van der Waals surface area contributed by atoms with E-state index in [-0.39, 0.29) is 17.4 Å². The number of amides is 2. The van der Waals surface area contributed by atoms with Gasteiger partial charge in [0.1, 0.15) is 4.83 Å². The fourth-order valence-electron chi connectivity index (χ4n) is 3.07. The van der Waals surface area contributed by atoms with Crippen LogP contribution in [0.2, 0.25) is 0 Å². The third-order valence-corrected chi connectivity index (χ3v) is 7.60. The molecule has 0 saturated heterocycles. The Bertz CT molecular complexity index is 1340. The third kappa shape index (κ3) is 4.62. The van der Waals surface area contributed by atoms with E-state index in [4.69, 9.17) is 0 Å². The van der Waals surface area contributed by atoms with Crippen molar-refractivity contribution in [2.24, 2.45) is 7.05 Å². The van der Waals surface area contributed by atoms with Crippen LogP contribution in [0.4, 0.5) is 11.4 Å². The second-order valence-corrected chi connectivity index (χ2v) is 10.2. The quantitative estimate of drug-likeness (QED) is 0.303. The lowest BCUT2D eigenvalue weighted by atomic mass is 10.2. The van der Waals surface area contributed by atoms with E-state index in [1.807, 2.05) is 22.9 Å². The van der Waals surface area contributed by atoms with Gasteiger partial charge in [-0.05, 0) is 42.6 Å². The lowest BCUT2D eigenvalue weighted by Crippen LogP contribution is -2.25. The Balaban J connectivity index is 1.51. The predicted molar refractivity (Wildman–Crippen MR) is 133 cm³/mol. The van der Waals surface area contributed by atoms with Gasteiger partial charge < -0.3 is 10.6 Å². The lowest BCUT2D eigenvalue weighted by molar-refractivity contribution is -0.115. The van der Waals surface area contributed by atoms with E-state index in [0.717, 1.165) is 10.4 Å². The molecule has 10 heteroatoms. The zero-order valence-corrected chi connectivity index (χ0v) is 20.0. The number of hydrogen-bond acceptors (Lipinski definition) is 7. The minimum absolute atomic E-state index is 0.122. The molecule has 2 N–H and O–H groups in total. The second-order valence-electron chi connectivity index (χ2n) is 7.07. The van der Waals surface area contributed by atoms with E-state index in [9.17, 15) is 14.4 Å². The maximum Gasteiger partial charge on any atom is 0.263 e. The molecule has 0 radical (unpaired) electrons. The number of rotatable bonds is 6. The highest BCUT2D eigenvalue weighted by Gasteiger charge is 2.21. The van der Waals surface area contributed by atoms with Gasteiger partial charge in [-0.25, -0.2) is 4.98 Å². The first kappa shape index (κ1) is 22.3. The van der Waals surface area contributed by atoms with Gasteiger partial charge in [-0.2, -0.15) is 0 Å². The summed E-state index contributed by atoms with van der Waals surface area (Å²) in [7, 11) is 1.68. The monoisotopic (exact) mass is 484 g/mol. The minimum atomic E-state index is -0.475. The maximum atomic E-state index is 13.1. The van der Waals surface area contributed by atoms with Gasteiger partial charge in [0.25, 0.3) is 5.56 Å². The Morgan fingerprint density at radius 3 is 2.41 bits per heavy atom. The predicted octanol–water partition coefficient (Wildman–Crippen LogP) is 4.80. The molecule has 1 aromatic carbocycles. The summed E-state index contributed by atoms with van der Waals surface area (Å²) in [4.78, 5) is 43.2. The Morgan fingerprint density at radius 1 is 1.09 bits per heavy atom. The lowest BCUT2D eigenvalue weighted by Gasteiger charge is -2.14. The van der Waals surface area contributed by atoms with Crippen molar-refractivity contribution in [1.29, 1.82) is 0 Å². The number of thiophene rings is 2. The highest BCUT2D eigenvalue weighted by atomic mass is 32.2. The van der Waals surface area contributed by atoms with E-state index in [0.29, 0.717) is 26.7 Å². The molecule has 0 aliphatic carbocycles. The van der Waals surface area contributed by atoms with Gasteiger partial charge in [-0.15, -0.1) is 22.7 Å². The molecular weight excluding hydrogens is 464 g/mol. The Hall–Kier alpha value is -2.95. The van der Waals surface area contributed by atoms with Crippen molar-refractivity contribution < 1.29 is 9.59 Å². The van der Waals surface area contributed by atoms with Crippen molar-refractivity contribution >= 4 is 67.8 Å². The number of aromatic nitrogens is 2. The van der Waals surface area contributed by atoms with Gasteiger partial charge in [-0.1, -0.05) is 17.8 Å². The van der Waals surface area contributed by atoms with Crippen molar-refractivity contribution in [2.45, 2.75) is 24.3 Å². The molecule has 4 rings (SSSR count). The molecule has 1 unspecified atom stereocenters. The Labute approximate surface area is 196 Å². The van der Waals surface area contributed by atoms with Crippen LogP contribution in [0.5, 0.6) is 0 Å². The second kappa shape index (κ2) is 9.27. The van der Waals surface area contributed by atoms with E-state index in [1.165, 1.54) is 34.6 Å². The van der Waals surface area contributed by atoms with Crippen molar-refractivity contribution in [3.63, 3.8) is 0 Å². The van der Waals surface area contributed by atoms with Crippen LogP contribution in [0.15, 0.2) is 57.1 Å². The molecule has 4 aromatic rings. The van der Waals surface area contributed by atoms with Crippen molar-refractivity contribution in [2.75, 3.05) is 10.6 Å². The molecule has 1 atom stereocenters. The topological polar surface area (TPSA) is 93.1 Å². The molecule has 0 spiro atoms. The number of carbonyl (C=O) groups is 2. The van der Waals surface area contributed by atoms with E-state index < -0.39 is 5.25 Å². The van der Waals surface area contributed by atoms with E-state index in [2.05, 4.69) is 15.6 Å². The van der Waals surface area contributed by atoms with Crippen molar-refractivity contribution in [3.8, 4) is 10.4 Å². The summed E-state index contributed by atoms with van der Waals surface area (Å²) in [5.74, 6) is -0.364. The number of nitrogens with zero attached hydrogens (tertiary/aromatic N) is 2. The summed E-state index contributed by atoms with van der Waals surface area (Å²) in [5, 5.41) is 10.1. The molecule has 2 amide bonds. The minimum Gasteiger partial charge on any atom is -0.326 e. The number of nitrogens with one attached hydrogen (secondary N) is 2. The van der Waals surface area contributed by atoms with Crippen LogP contribution in [-0.4, -0.2) is 26.6 Å². The van der Waals surface area contributed by atoms with Gasteiger partial charge in [-0.3, -0.25) is 19.0 Å². The van der Waals surface area contributed by atoms with Gasteiger partial charge in [0.15, 0.2) is 5.16 Å². The molecule has 0 fully saturated rings. The highest BCUT2D eigenvalue weighted by molar-refractivity contribution is 8.00. The number of fused-ring (bicyclic) bond motifs is 1. The first-order chi connectivity index (χ1) is 15.3. The number of thioether (sulfide) groups is 1. The average Bonchev–Trinajstić information content (AvgIpc) is 3.42. The number of anilines is 2. The van der Waals surface area contributed by atoms with E-state index >= 15 is 0 Å². The Morgan fingerprint density at radius 2 is 1.78 bits per heavy atom. The summed E-state index contributed by atoms with van der Waals surface area (Å²) >= 11 is 4.25. The molecular formula is C22H20N4O3S3. The molecule has 0 aliphatic rings. The van der Waals surface area contributed by atoms with Crippen LogP contribution in [0.1, 0.15) is 13.8 Å². The van der Waals surface area contributed by atoms with Gasteiger partial charge in [0.2, 0.25) is 11.8 Å². The summed E-state index contributed by atoms with van der Waals surface area (Å²) < 4.78 is 1.50. The zero-order valence-electron chi connectivity index (χ0n) is 17.5. The summed E-state index contributed by atoms with van der Waals surface area (Å²) in [6.07, 6.45) is 0. The zero-order chi connectivity index (χ0) is 22.8. The SMILES string of the molecule is CC(=O)Nc1ccc(NC(=O)C(C)Sc2nc3scc(-c4cccs4)c3c(=O)n2C)cc1. The van der Waals surface area contributed by atoms with Crippen LogP contribution in [0.3, 0.4) is 0 Å². The first-order valence-electron chi connectivity index (χ1n) is 9.70. The molecule has 0 aliphatic heterocycles. The van der Waals surface area contributed by atoms with Crippen LogP contribution in [0, 0.1) is 0 Å². The molecule has 0 saturated carbocycles. The van der Waals surface area contributed by atoms with Crippen LogP contribution >= 0.6 is 34.4 Å². The van der Waals surface area contributed by atoms with Crippen LogP contribution in [-0.2, 0) is 16.6 Å². The van der Waals surface area contributed by atoms with Crippen molar-refractivity contribution in [3.05, 3.63) is 57.5 Å². The molecule has 164 valence electrons. The van der Waals surface area contributed by atoms with Crippen LogP contribution < -0.4 is 16.2 Å². The standard InChI is InChI=1S/C22H20N4O3S3/c1-12(19(28)24-15-8-6-14(7-9-15)23-13(2)27)32-22-25-20-18(21(29)26(22)3)16(11-31-20)17-5-4-10-30-17/h4-12H,1-3H3,(H,23,27)(H,24,28). The normalized spacial score (nSPS) is 12.0. The summed E-state index contributed by atoms with van der Waals surface area (Å²) in [6, 6.07) is 10.8. The van der Waals surface area contributed by atoms with E-state index in [1.54, 1.807) is 49.6 Å². The molecule has 7 nitrogen and oxygen atoms in total. The highest BCUT2D eigenvalue weighted by Crippen LogP contribution is 2.35. The summed E-state index contributed by atoms with van der Waals surface area (Å²) in [5.41, 5.74) is 2.05. The fraction of sp³-hybridized carbons (Fsp3) is 0.182. The third-order valence-electron chi connectivity index (χ3n) is 4.69. The fourth-order valence-corrected chi connectivity index (χ4v) is 5.74. The summed E-state index contributed by atoms with van der Waals surface area (Å²) in [6.45, 7) is 3.21. The largest absolute Gasteiger partial charge is 0.326 e. The molecule has 32 heavy (non-hydrogen) atoms. The Kier molecular flexibility index (Phi) is 6.45. The van der Waals surface area contributed by atoms with Gasteiger partial charge in [0, 0.05) is 41.2 Å². The maximum absolute atomic E-state index is 13.1. The first-order valence-corrected chi connectivity index (χ1v) is 12.3. The average molecular weight is 485 g/mol. The van der Waals surface area contributed by atoms with Crippen LogP contribution in [0.25, 0.3) is 20.7 Å². The van der Waals surface area contributed by atoms with Gasteiger partial charge >= 0.3 is 0 Å². The number of hydrogen-bond donors (Lipinski definition) is 2. The smallest absolute Gasteiger partial charge is 0.263 e. The molecule has 0 bridgehead atoms. The van der Waals surface area contributed by atoms with Crippen molar-refractivity contribution in [1.82, 2.24) is 9.55 Å². The number of carbonyl (C=O) groups excluding carboxylic acids is 2.